The van der Waals surface area contributed by atoms with Crippen LogP contribution in [-0.4, -0.2) is 33.1 Å². The highest BCUT2D eigenvalue weighted by atomic mass is 16.5. The summed E-state index contributed by atoms with van der Waals surface area (Å²) in [6.45, 7) is 4.27. The zero-order chi connectivity index (χ0) is 18.8. The molecule has 0 aromatic heterocycles. The van der Waals surface area contributed by atoms with E-state index in [9.17, 15) is 20.4 Å². The molecule has 2 aromatic rings. The summed E-state index contributed by atoms with van der Waals surface area (Å²) in [6, 6.07) is 7.41. The number of aromatic hydroxyl groups is 3. The molecule has 1 aliphatic heterocycles. The summed E-state index contributed by atoms with van der Waals surface area (Å²) >= 11 is 0. The van der Waals surface area contributed by atoms with Crippen LogP contribution in [0.25, 0.3) is 0 Å². The summed E-state index contributed by atoms with van der Waals surface area (Å²) in [6.07, 6.45) is 0.430. The van der Waals surface area contributed by atoms with Gasteiger partial charge in [0.05, 0.1) is 6.10 Å². The predicted octanol–water partition coefficient (Wildman–Crippen LogP) is 3.19. The number of phenolic OH excluding ortho intramolecular Hbond substituents is 3. The molecule has 1 aliphatic rings. The Morgan fingerprint density at radius 3 is 2.62 bits per heavy atom. The minimum absolute atomic E-state index is 0.0509. The Hall–Kier alpha value is -2.86. The van der Waals surface area contributed by atoms with Crippen molar-refractivity contribution in [3.63, 3.8) is 0 Å². The first-order chi connectivity index (χ1) is 12.3. The van der Waals surface area contributed by atoms with Crippen molar-refractivity contribution in [3.8, 4) is 28.7 Å². The van der Waals surface area contributed by atoms with Gasteiger partial charge >= 0.3 is 0 Å². The highest BCUT2D eigenvalue weighted by Crippen LogP contribution is 2.42. The zero-order valence-electron chi connectivity index (χ0n) is 14.6. The number of fused-ring (bicyclic) bond motifs is 1. The van der Waals surface area contributed by atoms with Crippen molar-refractivity contribution in [1.29, 1.82) is 0 Å². The third-order valence-corrected chi connectivity index (χ3v) is 4.23. The number of aliphatic hydroxyl groups excluding tert-OH is 1. The minimum atomic E-state index is -0.908. The van der Waals surface area contributed by atoms with Crippen LogP contribution in [0.5, 0.6) is 28.7 Å². The molecule has 0 bridgehead atoms. The zero-order valence-corrected chi connectivity index (χ0v) is 14.6. The molecular weight excluding hydrogens is 336 g/mol. The molecule has 6 heteroatoms. The van der Waals surface area contributed by atoms with Gasteiger partial charge in [-0.2, -0.15) is 0 Å². The molecule has 0 spiro atoms. The van der Waals surface area contributed by atoms with E-state index in [-0.39, 0.29) is 23.7 Å². The van der Waals surface area contributed by atoms with E-state index >= 15 is 0 Å². The first-order valence-corrected chi connectivity index (χ1v) is 8.34. The molecule has 0 aliphatic carbocycles. The van der Waals surface area contributed by atoms with Crippen molar-refractivity contribution < 1.29 is 29.9 Å². The molecule has 3 rings (SSSR count). The third kappa shape index (κ3) is 3.70. The Morgan fingerprint density at radius 1 is 1.15 bits per heavy atom. The van der Waals surface area contributed by atoms with Gasteiger partial charge in [-0.25, -0.2) is 0 Å². The van der Waals surface area contributed by atoms with Gasteiger partial charge in [-0.15, -0.1) is 0 Å². The molecule has 0 amide bonds. The van der Waals surface area contributed by atoms with Gasteiger partial charge in [0, 0.05) is 24.1 Å². The summed E-state index contributed by atoms with van der Waals surface area (Å²) < 4.78 is 11.3. The molecule has 0 saturated heterocycles. The van der Waals surface area contributed by atoms with E-state index in [1.54, 1.807) is 12.1 Å². The molecule has 0 radical (unpaired) electrons. The van der Waals surface area contributed by atoms with Crippen molar-refractivity contribution in [2.75, 3.05) is 6.61 Å². The molecule has 6 nitrogen and oxygen atoms in total. The van der Waals surface area contributed by atoms with Crippen LogP contribution in [0.2, 0.25) is 0 Å². The van der Waals surface area contributed by atoms with Crippen LogP contribution in [0.3, 0.4) is 0 Å². The van der Waals surface area contributed by atoms with Crippen LogP contribution in [0.15, 0.2) is 42.0 Å². The first kappa shape index (κ1) is 17.9. The van der Waals surface area contributed by atoms with Crippen LogP contribution in [0.1, 0.15) is 31.1 Å². The molecule has 1 heterocycles. The van der Waals surface area contributed by atoms with Crippen molar-refractivity contribution >= 4 is 0 Å². The van der Waals surface area contributed by atoms with Gasteiger partial charge in [0.1, 0.15) is 30.0 Å². The number of hydrogen-bond donors (Lipinski definition) is 4. The highest BCUT2D eigenvalue weighted by Gasteiger charge is 2.32. The van der Waals surface area contributed by atoms with E-state index in [0.717, 1.165) is 5.57 Å². The van der Waals surface area contributed by atoms with E-state index in [1.165, 1.54) is 18.2 Å². The van der Waals surface area contributed by atoms with Crippen LogP contribution < -0.4 is 9.47 Å². The normalized spacial score (nSPS) is 18.6. The second-order valence-electron chi connectivity index (χ2n) is 6.57. The Morgan fingerprint density at radius 2 is 1.92 bits per heavy atom. The van der Waals surface area contributed by atoms with Gasteiger partial charge in [-0.05, 0) is 37.6 Å². The average Bonchev–Trinajstić information content (AvgIpc) is 2.56. The van der Waals surface area contributed by atoms with Crippen molar-refractivity contribution in [1.82, 2.24) is 0 Å². The summed E-state index contributed by atoms with van der Waals surface area (Å²) in [7, 11) is 0. The van der Waals surface area contributed by atoms with Crippen molar-refractivity contribution in [2.45, 2.75) is 32.5 Å². The fourth-order valence-electron chi connectivity index (χ4n) is 2.88. The lowest BCUT2D eigenvalue weighted by Gasteiger charge is -2.31. The number of ether oxygens (including phenoxy) is 2. The monoisotopic (exact) mass is 358 g/mol. The summed E-state index contributed by atoms with van der Waals surface area (Å²) in [5.74, 6) is 0.351. The van der Waals surface area contributed by atoms with Crippen LogP contribution in [0.4, 0.5) is 0 Å². The lowest BCUT2D eigenvalue weighted by Crippen LogP contribution is -2.30. The van der Waals surface area contributed by atoms with E-state index in [0.29, 0.717) is 29.2 Å². The SMILES string of the molecule is CC(C)=CCOc1ccc([C@H]2Oc3cc(O)cc(O)c3C[C@H]2O)cc1O. The molecule has 2 atom stereocenters. The fraction of sp³-hybridized carbons (Fsp3) is 0.300. The Kier molecular flexibility index (Phi) is 4.95. The topological polar surface area (TPSA) is 99.4 Å². The molecule has 0 unspecified atom stereocenters. The predicted molar refractivity (Wildman–Crippen MR) is 95.9 cm³/mol. The molecule has 0 saturated carbocycles. The fourth-order valence-corrected chi connectivity index (χ4v) is 2.88. The second kappa shape index (κ2) is 7.17. The number of hydrogen-bond acceptors (Lipinski definition) is 6. The summed E-state index contributed by atoms with van der Waals surface area (Å²) in [5.41, 5.74) is 2.13. The maximum Gasteiger partial charge on any atom is 0.161 e. The van der Waals surface area contributed by atoms with Crippen molar-refractivity contribution in [3.05, 3.63) is 53.1 Å². The lowest BCUT2D eigenvalue weighted by molar-refractivity contribution is 0.0197. The maximum atomic E-state index is 10.4. The second-order valence-corrected chi connectivity index (χ2v) is 6.57. The Bertz CT molecular complexity index is 838. The smallest absolute Gasteiger partial charge is 0.161 e. The van der Waals surface area contributed by atoms with Crippen LogP contribution >= 0.6 is 0 Å². The third-order valence-electron chi connectivity index (χ3n) is 4.23. The molecule has 4 N–H and O–H groups in total. The van der Waals surface area contributed by atoms with Crippen LogP contribution in [0, 0.1) is 0 Å². The van der Waals surface area contributed by atoms with Gasteiger partial charge in [-0.1, -0.05) is 11.6 Å². The Balaban J connectivity index is 1.82. The van der Waals surface area contributed by atoms with Gasteiger partial charge in [0.2, 0.25) is 0 Å². The molecule has 2 aromatic carbocycles. The lowest BCUT2D eigenvalue weighted by atomic mass is 9.94. The van der Waals surface area contributed by atoms with Crippen LogP contribution in [-0.2, 0) is 6.42 Å². The number of rotatable bonds is 4. The van der Waals surface area contributed by atoms with E-state index in [1.807, 2.05) is 19.9 Å². The average molecular weight is 358 g/mol. The molecule has 26 heavy (non-hydrogen) atoms. The first-order valence-electron chi connectivity index (χ1n) is 8.34. The highest BCUT2D eigenvalue weighted by molar-refractivity contribution is 5.52. The maximum absolute atomic E-state index is 10.4. The number of benzene rings is 2. The van der Waals surface area contributed by atoms with Gasteiger partial charge in [0.25, 0.3) is 0 Å². The number of allylic oxidation sites excluding steroid dienone is 1. The summed E-state index contributed by atoms with van der Waals surface area (Å²) in [5, 5.41) is 40.1. The van der Waals surface area contributed by atoms with E-state index < -0.39 is 12.2 Å². The number of aliphatic hydroxyl groups is 1. The van der Waals surface area contributed by atoms with Gasteiger partial charge in [0.15, 0.2) is 11.5 Å². The van der Waals surface area contributed by atoms with E-state index in [4.69, 9.17) is 9.47 Å². The summed E-state index contributed by atoms with van der Waals surface area (Å²) in [4.78, 5) is 0. The largest absolute Gasteiger partial charge is 0.508 e. The molecule has 138 valence electrons. The number of phenols is 3. The minimum Gasteiger partial charge on any atom is -0.508 e. The van der Waals surface area contributed by atoms with Gasteiger partial charge in [-0.3, -0.25) is 0 Å². The molecular formula is C20H22O6. The quantitative estimate of drug-likeness (QED) is 0.627. The van der Waals surface area contributed by atoms with Crippen molar-refractivity contribution in [2.24, 2.45) is 0 Å². The van der Waals surface area contributed by atoms with Gasteiger partial charge < -0.3 is 29.9 Å². The van der Waals surface area contributed by atoms with E-state index in [2.05, 4.69) is 0 Å². The molecule has 0 fully saturated rings. The Labute approximate surface area is 151 Å². The standard InChI is InChI=1S/C20H22O6/c1-11(2)5-6-25-18-4-3-12(7-16(18)23)20-17(24)10-14-15(22)8-13(21)9-19(14)26-20/h3-5,7-9,17,20-24H,6,10H2,1-2H3/t17-,20-/m1/s1.